The van der Waals surface area contributed by atoms with E-state index in [2.05, 4.69) is 30.3 Å². The third kappa shape index (κ3) is 4.36. The summed E-state index contributed by atoms with van der Waals surface area (Å²) in [6.45, 7) is 4.33. The van der Waals surface area contributed by atoms with Crippen LogP contribution >= 0.6 is 0 Å². The first kappa shape index (κ1) is 20.6. The molecule has 5 rings (SSSR count). The van der Waals surface area contributed by atoms with Crippen LogP contribution in [-0.2, 0) is 10.9 Å². The van der Waals surface area contributed by atoms with Crippen molar-refractivity contribution in [2.24, 2.45) is 0 Å². The topological polar surface area (TPSA) is 84.2 Å². The molecule has 0 unspecified atom stereocenters. The zero-order chi connectivity index (χ0) is 22.1. The number of hydrogen-bond acceptors (Lipinski definition) is 8. The van der Waals surface area contributed by atoms with E-state index in [1.54, 1.807) is 6.07 Å². The van der Waals surface area contributed by atoms with Gasteiger partial charge in [-0.15, -0.1) is 5.10 Å². The van der Waals surface area contributed by atoms with E-state index in [9.17, 15) is 13.2 Å². The summed E-state index contributed by atoms with van der Waals surface area (Å²) < 4.78 is 47.4. The fraction of sp³-hybridized carbons (Fsp3) is 0.400. The standard InChI is InChI=1S/C20H21F3N8O.H2/c21-20(22,23)14-7-15(27-19-26-13-31(28-19)18-10-24-1-2-25-18)9-16(8-14)29-3-5-30(6-4-29)17-11-32-12-17;/h1-2,7-10,13,17H,3-6,11-12H2,(H,27,28);1H. The van der Waals surface area contributed by atoms with Gasteiger partial charge in [0, 0.05) is 51.4 Å². The van der Waals surface area contributed by atoms with E-state index in [0.717, 1.165) is 32.4 Å². The van der Waals surface area contributed by atoms with Gasteiger partial charge in [0.25, 0.3) is 0 Å². The van der Waals surface area contributed by atoms with Crippen LogP contribution in [0.4, 0.5) is 30.5 Å². The fourth-order valence-electron chi connectivity index (χ4n) is 3.78. The molecule has 0 radical (unpaired) electrons. The number of hydrogen-bond donors (Lipinski definition) is 1. The Morgan fingerprint density at radius 2 is 1.84 bits per heavy atom. The summed E-state index contributed by atoms with van der Waals surface area (Å²) in [6, 6.07) is 4.37. The molecule has 170 valence electrons. The lowest BCUT2D eigenvalue weighted by molar-refractivity contribution is -0.137. The van der Waals surface area contributed by atoms with Gasteiger partial charge in [0.15, 0.2) is 5.82 Å². The zero-order valence-corrected chi connectivity index (χ0v) is 17.0. The number of piperazine rings is 1. The Morgan fingerprint density at radius 3 is 2.50 bits per heavy atom. The molecule has 2 aliphatic heterocycles. The van der Waals surface area contributed by atoms with Crippen LogP contribution in [-0.4, -0.2) is 75.1 Å². The van der Waals surface area contributed by atoms with Crippen molar-refractivity contribution in [1.82, 2.24) is 29.6 Å². The predicted molar refractivity (Wildman–Crippen MR) is 112 cm³/mol. The van der Waals surface area contributed by atoms with Gasteiger partial charge in [-0.2, -0.15) is 22.8 Å². The predicted octanol–water partition coefficient (Wildman–Crippen LogP) is 2.59. The Hall–Kier alpha value is -3.25. The minimum atomic E-state index is -4.47. The lowest BCUT2D eigenvalue weighted by Crippen LogP contribution is -2.56. The van der Waals surface area contributed by atoms with E-state index in [0.29, 0.717) is 30.6 Å². The summed E-state index contributed by atoms with van der Waals surface area (Å²) in [4.78, 5) is 16.5. The molecule has 1 N–H and O–H groups in total. The molecule has 32 heavy (non-hydrogen) atoms. The molecule has 4 heterocycles. The summed E-state index contributed by atoms with van der Waals surface area (Å²) in [5.74, 6) is 0.614. The third-order valence-electron chi connectivity index (χ3n) is 5.59. The van der Waals surface area contributed by atoms with Crippen LogP contribution < -0.4 is 10.2 Å². The maximum atomic E-state index is 13.6. The molecule has 2 aromatic heterocycles. The summed E-state index contributed by atoms with van der Waals surface area (Å²) in [5.41, 5.74) is 0.0578. The molecular formula is C20H23F3N8O. The molecule has 2 fully saturated rings. The van der Waals surface area contributed by atoms with E-state index < -0.39 is 11.7 Å². The van der Waals surface area contributed by atoms with Crippen molar-refractivity contribution in [3.63, 3.8) is 0 Å². The van der Waals surface area contributed by atoms with Crippen molar-refractivity contribution < 1.29 is 19.3 Å². The minimum absolute atomic E-state index is 0. The van der Waals surface area contributed by atoms with E-state index in [1.807, 2.05) is 4.90 Å². The highest BCUT2D eigenvalue weighted by Gasteiger charge is 2.33. The first-order chi connectivity index (χ1) is 15.5. The molecule has 9 nitrogen and oxygen atoms in total. The summed E-state index contributed by atoms with van der Waals surface area (Å²) in [6.07, 6.45) is 1.51. The van der Waals surface area contributed by atoms with Gasteiger partial charge in [-0.1, -0.05) is 0 Å². The van der Waals surface area contributed by atoms with Gasteiger partial charge in [0.1, 0.15) is 6.33 Å². The molecule has 0 aliphatic carbocycles. The van der Waals surface area contributed by atoms with Gasteiger partial charge >= 0.3 is 6.18 Å². The Balaban J connectivity index is 0.00000259. The second-order valence-electron chi connectivity index (χ2n) is 7.68. The molecule has 12 heteroatoms. The van der Waals surface area contributed by atoms with E-state index >= 15 is 0 Å². The number of aromatic nitrogens is 5. The number of nitrogens with zero attached hydrogens (tertiary/aromatic N) is 7. The van der Waals surface area contributed by atoms with Crippen molar-refractivity contribution in [1.29, 1.82) is 0 Å². The number of nitrogens with one attached hydrogen (secondary N) is 1. The van der Waals surface area contributed by atoms with E-state index in [-0.39, 0.29) is 13.1 Å². The lowest BCUT2D eigenvalue weighted by atomic mass is 10.1. The fourth-order valence-corrected chi connectivity index (χ4v) is 3.78. The molecule has 3 aromatic rings. The monoisotopic (exact) mass is 448 g/mol. The van der Waals surface area contributed by atoms with Crippen molar-refractivity contribution in [3.05, 3.63) is 48.7 Å². The van der Waals surface area contributed by atoms with Crippen LogP contribution in [0.15, 0.2) is 43.1 Å². The maximum absolute atomic E-state index is 13.6. The molecule has 0 atom stereocenters. The number of benzene rings is 1. The number of rotatable bonds is 5. The number of halogens is 3. The van der Waals surface area contributed by atoms with Crippen molar-refractivity contribution in [3.8, 4) is 5.82 Å². The first-order valence-corrected chi connectivity index (χ1v) is 10.2. The van der Waals surface area contributed by atoms with Crippen LogP contribution in [0.3, 0.4) is 0 Å². The van der Waals surface area contributed by atoms with Crippen LogP contribution in [0.5, 0.6) is 0 Å². The van der Waals surface area contributed by atoms with Gasteiger partial charge in [0.2, 0.25) is 5.95 Å². The number of alkyl halides is 3. The van der Waals surface area contributed by atoms with E-state index in [1.165, 1.54) is 35.7 Å². The SMILES string of the molecule is FC(F)(F)c1cc(Nc2ncn(-c3cnccn3)n2)cc(N2CCN(C3COC3)CC2)c1.[HH]. The molecule has 0 spiro atoms. The van der Waals surface area contributed by atoms with Crippen LogP contribution in [0.2, 0.25) is 0 Å². The van der Waals surface area contributed by atoms with Gasteiger partial charge in [-0.05, 0) is 18.2 Å². The van der Waals surface area contributed by atoms with E-state index in [4.69, 9.17) is 4.74 Å². The summed E-state index contributed by atoms with van der Waals surface area (Å²) >= 11 is 0. The molecule has 2 saturated heterocycles. The molecule has 0 bridgehead atoms. The van der Waals surface area contributed by atoms with Gasteiger partial charge in [-0.25, -0.2) is 4.98 Å². The summed E-state index contributed by atoms with van der Waals surface area (Å²) in [5, 5.41) is 7.12. The smallest absolute Gasteiger partial charge is 0.378 e. The lowest BCUT2D eigenvalue weighted by Gasteiger charge is -2.43. The average Bonchev–Trinajstić information content (AvgIpc) is 3.21. The van der Waals surface area contributed by atoms with Crippen molar-refractivity contribution >= 4 is 17.3 Å². The highest BCUT2D eigenvalue weighted by Crippen LogP contribution is 2.35. The first-order valence-electron chi connectivity index (χ1n) is 10.2. The van der Waals surface area contributed by atoms with Crippen molar-refractivity contribution in [2.75, 3.05) is 49.6 Å². The zero-order valence-electron chi connectivity index (χ0n) is 17.0. The van der Waals surface area contributed by atoms with Crippen LogP contribution in [0.25, 0.3) is 5.82 Å². The molecule has 1 aromatic carbocycles. The Kier molecular flexibility index (Phi) is 5.39. The van der Waals surface area contributed by atoms with Gasteiger partial charge in [0.05, 0.1) is 31.0 Å². The molecule has 0 saturated carbocycles. The van der Waals surface area contributed by atoms with Crippen LogP contribution in [0, 0.1) is 0 Å². The number of anilines is 3. The maximum Gasteiger partial charge on any atom is 0.416 e. The summed E-state index contributed by atoms with van der Waals surface area (Å²) in [7, 11) is 0. The second kappa shape index (κ2) is 8.36. The quantitative estimate of drug-likeness (QED) is 0.638. The third-order valence-corrected chi connectivity index (χ3v) is 5.59. The normalized spacial score (nSPS) is 17.9. The Bertz CT molecular complexity index is 1070. The minimum Gasteiger partial charge on any atom is -0.378 e. The second-order valence-corrected chi connectivity index (χ2v) is 7.68. The Morgan fingerprint density at radius 1 is 1.03 bits per heavy atom. The average molecular weight is 448 g/mol. The van der Waals surface area contributed by atoms with Gasteiger partial charge < -0.3 is 15.0 Å². The highest BCUT2D eigenvalue weighted by molar-refractivity contribution is 5.64. The largest absolute Gasteiger partial charge is 0.416 e. The molecule has 2 aliphatic rings. The van der Waals surface area contributed by atoms with Gasteiger partial charge in [-0.3, -0.25) is 9.88 Å². The van der Waals surface area contributed by atoms with Crippen LogP contribution in [0.1, 0.15) is 6.99 Å². The number of ether oxygens (including phenoxy) is 1. The Labute approximate surface area is 183 Å². The van der Waals surface area contributed by atoms with Crippen molar-refractivity contribution in [2.45, 2.75) is 12.2 Å². The molecule has 0 amide bonds. The molecular weight excluding hydrogens is 425 g/mol. The highest BCUT2D eigenvalue weighted by atomic mass is 19.4.